The SMILES string of the molecule is CC(=O)N[C@@H](Cc1c[nH]c2ccccc12)C(=O)NCc1ccc(S(N)(=O)=O)cc1. The number of carbonyl (C=O) groups excluding carboxylic acids is 2. The van der Waals surface area contributed by atoms with Crippen LogP contribution in [0.5, 0.6) is 0 Å². The van der Waals surface area contributed by atoms with Gasteiger partial charge in [-0.1, -0.05) is 30.3 Å². The van der Waals surface area contributed by atoms with Crippen molar-refractivity contribution >= 4 is 32.7 Å². The average Bonchev–Trinajstić information content (AvgIpc) is 3.08. The van der Waals surface area contributed by atoms with E-state index in [9.17, 15) is 18.0 Å². The number of primary sulfonamides is 1. The molecule has 152 valence electrons. The molecule has 29 heavy (non-hydrogen) atoms. The quantitative estimate of drug-likeness (QED) is 0.462. The fraction of sp³-hybridized carbons (Fsp3) is 0.200. The van der Waals surface area contributed by atoms with Crippen molar-refractivity contribution in [3.63, 3.8) is 0 Å². The summed E-state index contributed by atoms with van der Waals surface area (Å²) in [6.07, 6.45) is 2.17. The van der Waals surface area contributed by atoms with Gasteiger partial charge in [0.2, 0.25) is 21.8 Å². The number of aromatic amines is 1. The first-order chi connectivity index (χ1) is 13.7. The molecule has 5 N–H and O–H groups in total. The molecule has 2 aromatic carbocycles. The van der Waals surface area contributed by atoms with Crippen LogP contribution in [0.3, 0.4) is 0 Å². The van der Waals surface area contributed by atoms with Crippen LogP contribution in [0.25, 0.3) is 10.9 Å². The van der Waals surface area contributed by atoms with Gasteiger partial charge in [0.1, 0.15) is 6.04 Å². The van der Waals surface area contributed by atoms with E-state index in [2.05, 4.69) is 15.6 Å². The second-order valence-corrected chi connectivity index (χ2v) is 8.28. The Morgan fingerprint density at radius 2 is 1.79 bits per heavy atom. The third kappa shape index (κ3) is 5.21. The normalized spacial score (nSPS) is 12.5. The Balaban J connectivity index is 1.70. The summed E-state index contributed by atoms with van der Waals surface area (Å²) in [5, 5.41) is 11.5. The molecule has 8 nitrogen and oxygen atoms in total. The van der Waals surface area contributed by atoms with Gasteiger partial charge >= 0.3 is 0 Å². The van der Waals surface area contributed by atoms with E-state index >= 15 is 0 Å². The van der Waals surface area contributed by atoms with Gasteiger partial charge in [0.15, 0.2) is 0 Å². The summed E-state index contributed by atoms with van der Waals surface area (Å²) in [7, 11) is -3.76. The minimum atomic E-state index is -3.76. The fourth-order valence-corrected chi connectivity index (χ4v) is 3.60. The van der Waals surface area contributed by atoms with Crippen LogP contribution in [-0.2, 0) is 32.6 Å². The smallest absolute Gasteiger partial charge is 0.243 e. The maximum absolute atomic E-state index is 12.7. The van der Waals surface area contributed by atoms with Crippen LogP contribution in [0.2, 0.25) is 0 Å². The Bertz CT molecular complexity index is 1140. The Morgan fingerprint density at radius 1 is 1.10 bits per heavy atom. The summed E-state index contributed by atoms with van der Waals surface area (Å²) in [5.41, 5.74) is 2.59. The van der Waals surface area contributed by atoms with Crippen molar-refractivity contribution in [1.29, 1.82) is 0 Å². The first-order valence-corrected chi connectivity index (χ1v) is 10.5. The Morgan fingerprint density at radius 3 is 2.45 bits per heavy atom. The summed E-state index contributed by atoms with van der Waals surface area (Å²) < 4.78 is 22.6. The van der Waals surface area contributed by atoms with Gasteiger partial charge < -0.3 is 15.6 Å². The number of para-hydroxylation sites is 1. The molecule has 0 unspecified atom stereocenters. The number of H-pyrrole nitrogens is 1. The Labute approximate surface area is 168 Å². The number of sulfonamides is 1. The molecular weight excluding hydrogens is 392 g/mol. The molecule has 9 heteroatoms. The zero-order valence-corrected chi connectivity index (χ0v) is 16.6. The first kappa shape index (κ1) is 20.6. The van der Waals surface area contributed by atoms with Gasteiger partial charge in [0.05, 0.1) is 4.90 Å². The lowest BCUT2D eigenvalue weighted by Gasteiger charge is -2.17. The summed E-state index contributed by atoms with van der Waals surface area (Å²) in [4.78, 5) is 27.4. The number of aromatic nitrogens is 1. The number of amides is 2. The van der Waals surface area contributed by atoms with Crippen LogP contribution in [0.1, 0.15) is 18.1 Å². The van der Waals surface area contributed by atoms with Crippen molar-refractivity contribution in [2.45, 2.75) is 30.8 Å². The minimum Gasteiger partial charge on any atom is -0.361 e. The second-order valence-electron chi connectivity index (χ2n) is 6.72. The number of fused-ring (bicyclic) bond motifs is 1. The predicted molar refractivity (Wildman–Crippen MR) is 109 cm³/mol. The van der Waals surface area contributed by atoms with Gasteiger partial charge in [0, 0.05) is 37.0 Å². The molecule has 2 amide bonds. The molecule has 1 atom stereocenters. The van der Waals surface area contributed by atoms with Crippen molar-refractivity contribution < 1.29 is 18.0 Å². The third-order valence-electron chi connectivity index (χ3n) is 4.51. The van der Waals surface area contributed by atoms with E-state index in [-0.39, 0.29) is 23.3 Å². The Hall–Kier alpha value is -3.17. The van der Waals surface area contributed by atoms with Crippen molar-refractivity contribution in [3.05, 3.63) is 65.9 Å². The highest BCUT2D eigenvalue weighted by Gasteiger charge is 2.21. The Kier molecular flexibility index (Phi) is 6.00. The molecule has 0 radical (unpaired) electrons. The van der Waals surface area contributed by atoms with Gasteiger partial charge in [0.25, 0.3) is 0 Å². The highest BCUT2D eigenvalue weighted by atomic mass is 32.2. The zero-order valence-electron chi connectivity index (χ0n) is 15.8. The highest BCUT2D eigenvalue weighted by molar-refractivity contribution is 7.89. The van der Waals surface area contributed by atoms with Crippen LogP contribution in [0, 0.1) is 0 Å². The number of benzene rings is 2. The average molecular weight is 414 g/mol. The summed E-state index contributed by atoms with van der Waals surface area (Å²) >= 11 is 0. The molecule has 3 rings (SSSR count). The molecule has 1 heterocycles. The van der Waals surface area contributed by atoms with E-state index in [0.29, 0.717) is 12.0 Å². The molecule has 0 aliphatic heterocycles. The van der Waals surface area contributed by atoms with Crippen LogP contribution < -0.4 is 15.8 Å². The van der Waals surface area contributed by atoms with E-state index in [1.54, 1.807) is 12.1 Å². The monoisotopic (exact) mass is 414 g/mol. The molecule has 0 saturated carbocycles. The van der Waals surface area contributed by atoms with Crippen LogP contribution in [0.4, 0.5) is 0 Å². The lowest BCUT2D eigenvalue weighted by atomic mass is 10.0. The molecule has 3 aromatic rings. The van der Waals surface area contributed by atoms with E-state index in [0.717, 1.165) is 16.5 Å². The van der Waals surface area contributed by atoms with E-state index in [1.807, 2.05) is 30.5 Å². The van der Waals surface area contributed by atoms with Gasteiger partial charge in [-0.2, -0.15) is 0 Å². The topological polar surface area (TPSA) is 134 Å². The number of hydrogen-bond acceptors (Lipinski definition) is 4. The molecule has 0 bridgehead atoms. The minimum absolute atomic E-state index is 0.00281. The number of carbonyl (C=O) groups is 2. The van der Waals surface area contributed by atoms with Crippen molar-refractivity contribution in [2.75, 3.05) is 0 Å². The molecule has 0 aliphatic rings. The van der Waals surface area contributed by atoms with Crippen LogP contribution in [-0.4, -0.2) is 31.3 Å². The van der Waals surface area contributed by atoms with Crippen molar-refractivity contribution in [1.82, 2.24) is 15.6 Å². The van der Waals surface area contributed by atoms with Crippen molar-refractivity contribution in [3.8, 4) is 0 Å². The maximum atomic E-state index is 12.7. The zero-order chi connectivity index (χ0) is 21.0. The lowest BCUT2D eigenvalue weighted by Crippen LogP contribution is -2.47. The van der Waals surface area contributed by atoms with Gasteiger partial charge in [-0.15, -0.1) is 0 Å². The standard InChI is InChI=1S/C20H22N4O4S/c1-13(25)24-19(10-15-12-22-18-5-3-2-4-17(15)18)20(26)23-11-14-6-8-16(9-7-14)29(21,27)28/h2-9,12,19,22H,10-11H2,1H3,(H,23,26)(H,24,25)(H2,21,27,28)/t19-/m0/s1. The molecule has 0 saturated heterocycles. The second kappa shape index (κ2) is 8.46. The van der Waals surface area contributed by atoms with E-state index in [1.165, 1.54) is 19.1 Å². The maximum Gasteiger partial charge on any atom is 0.243 e. The van der Waals surface area contributed by atoms with Gasteiger partial charge in [-0.05, 0) is 29.3 Å². The lowest BCUT2D eigenvalue weighted by molar-refractivity contribution is -0.128. The molecule has 0 spiro atoms. The largest absolute Gasteiger partial charge is 0.361 e. The summed E-state index contributed by atoms with van der Waals surface area (Å²) in [6, 6.07) is 12.9. The molecule has 0 aliphatic carbocycles. The third-order valence-corrected chi connectivity index (χ3v) is 5.44. The fourth-order valence-electron chi connectivity index (χ4n) is 3.08. The first-order valence-electron chi connectivity index (χ1n) is 8.95. The number of nitrogens with two attached hydrogens (primary N) is 1. The molecule has 0 fully saturated rings. The van der Waals surface area contributed by atoms with Crippen LogP contribution in [0.15, 0.2) is 59.6 Å². The van der Waals surface area contributed by atoms with Crippen LogP contribution >= 0.6 is 0 Å². The number of nitrogens with one attached hydrogen (secondary N) is 3. The van der Waals surface area contributed by atoms with Crippen molar-refractivity contribution in [2.24, 2.45) is 5.14 Å². The summed E-state index contributed by atoms with van der Waals surface area (Å²) in [5.74, 6) is -0.636. The molecular formula is C20H22N4O4S. The van der Waals surface area contributed by atoms with Gasteiger partial charge in [-0.3, -0.25) is 9.59 Å². The predicted octanol–water partition coefficient (Wildman–Crippen LogP) is 1.18. The summed E-state index contributed by atoms with van der Waals surface area (Å²) in [6.45, 7) is 1.55. The highest BCUT2D eigenvalue weighted by Crippen LogP contribution is 2.19. The number of rotatable bonds is 7. The molecule has 1 aromatic heterocycles. The van der Waals surface area contributed by atoms with Gasteiger partial charge in [-0.25, -0.2) is 13.6 Å². The van der Waals surface area contributed by atoms with E-state index in [4.69, 9.17) is 5.14 Å². The van der Waals surface area contributed by atoms with E-state index < -0.39 is 16.1 Å². The number of hydrogen-bond donors (Lipinski definition) is 4.